The van der Waals surface area contributed by atoms with Crippen molar-refractivity contribution in [2.24, 2.45) is 5.92 Å². The third-order valence-electron chi connectivity index (χ3n) is 3.69. The summed E-state index contributed by atoms with van der Waals surface area (Å²) in [5.74, 6) is 0.438. The Labute approximate surface area is 108 Å². The van der Waals surface area contributed by atoms with Crippen molar-refractivity contribution in [2.45, 2.75) is 44.7 Å². The van der Waals surface area contributed by atoms with E-state index in [9.17, 15) is 10.4 Å². The van der Waals surface area contributed by atoms with E-state index in [1.165, 1.54) is 19.3 Å². The van der Waals surface area contributed by atoms with Gasteiger partial charge in [-0.3, -0.25) is 0 Å². The van der Waals surface area contributed by atoms with Crippen LogP contribution in [-0.4, -0.2) is 11.1 Å². The molecule has 0 aliphatic heterocycles. The molecule has 0 bridgehead atoms. The molecule has 0 spiro atoms. The average molecular weight is 244 g/mol. The molecule has 2 rings (SSSR count). The molecule has 0 heterocycles. The molecule has 0 amide bonds. The van der Waals surface area contributed by atoms with E-state index in [4.69, 9.17) is 0 Å². The third kappa shape index (κ3) is 3.48. The van der Waals surface area contributed by atoms with Crippen LogP contribution >= 0.6 is 0 Å². The number of nitrogens with zero attached hydrogens (tertiary/aromatic N) is 1. The van der Waals surface area contributed by atoms with Gasteiger partial charge in [0.2, 0.25) is 0 Å². The van der Waals surface area contributed by atoms with E-state index in [2.05, 4.69) is 11.4 Å². The number of rotatable bonds is 3. The number of aromatic hydroxyl groups is 1. The van der Waals surface area contributed by atoms with Gasteiger partial charge in [-0.05, 0) is 30.5 Å². The second-order valence-electron chi connectivity index (χ2n) is 5.03. The standard InChI is InChI=1S/C15H20N2O/c16-10-13-4-2-1-3-5-15(13)17-11-12-6-8-14(18)9-7-12/h6-9,13,15,17-18H,1-5,11H2. The summed E-state index contributed by atoms with van der Waals surface area (Å²) in [6.07, 6.45) is 5.75. The summed E-state index contributed by atoms with van der Waals surface area (Å²) < 4.78 is 0. The molecule has 0 radical (unpaired) electrons. The average Bonchev–Trinajstić information content (AvgIpc) is 2.63. The van der Waals surface area contributed by atoms with Gasteiger partial charge >= 0.3 is 0 Å². The maximum absolute atomic E-state index is 9.23. The van der Waals surface area contributed by atoms with Crippen LogP contribution in [-0.2, 0) is 6.54 Å². The molecule has 0 saturated heterocycles. The van der Waals surface area contributed by atoms with E-state index in [0.717, 1.165) is 24.9 Å². The highest BCUT2D eigenvalue weighted by Gasteiger charge is 2.22. The fraction of sp³-hybridized carbons (Fsp3) is 0.533. The summed E-state index contributed by atoms with van der Waals surface area (Å²) in [6, 6.07) is 9.98. The lowest BCUT2D eigenvalue weighted by molar-refractivity contribution is 0.393. The topological polar surface area (TPSA) is 56.0 Å². The molecule has 0 aromatic heterocycles. The minimum atomic E-state index is 0.143. The lowest BCUT2D eigenvalue weighted by Crippen LogP contribution is -2.34. The fourth-order valence-electron chi connectivity index (χ4n) is 2.57. The first-order valence-electron chi connectivity index (χ1n) is 6.70. The SMILES string of the molecule is N#CC1CCCCCC1NCc1ccc(O)cc1. The van der Waals surface area contributed by atoms with Crippen LogP contribution in [0.3, 0.4) is 0 Å². The van der Waals surface area contributed by atoms with E-state index in [1.54, 1.807) is 12.1 Å². The maximum Gasteiger partial charge on any atom is 0.115 e. The largest absolute Gasteiger partial charge is 0.508 e. The summed E-state index contributed by atoms with van der Waals surface area (Å²) in [6.45, 7) is 0.767. The fourth-order valence-corrected chi connectivity index (χ4v) is 2.57. The van der Waals surface area contributed by atoms with Gasteiger partial charge in [-0.25, -0.2) is 0 Å². The van der Waals surface area contributed by atoms with Crippen LogP contribution < -0.4 is 5.32 Å². The van der Waals surface area contributed by atoms with Crippen molar-refractivity contribution in [3.05, 3.63) is 29.8 Å². The maximum atomic E-state index is 9.23. The highest BCUT2D eigenvalue weighted by molar-refractivity contribution is 5.25. The zero-order chi connectivity index (χ0) is 12.8. The molecule has 96 valence electrons. The molecule has 1 aliphatic rings. The molecule has 1 aliphatic carbocycles. The Hall–Kier alpha value is -1.53. The van der Waals surface area contributed by atoms with Crippen molar-refractivity contribution in [1.82, 2.24) is 5.32 Å². The summed E-state index contributed by atoms with van der Waals surface area (Å²) in [4.78, 5) is 0. The van der Waals surface area contributed by atoms with Crippen LogP contribution in [0.15, 0.2) is 24.3 Å². The predicted molar refractivity (Wildman–Crippen MR) is 70.9 cm³/mol. The van der Waals surface area contributed by atoms with Gasteiger partial charge in [-0.1, -0.05) is 31.4 Å². The number of nitrogens with one attached hydrogen (secondary N) is 1. The molecule has 2 atom stereocenters. The second kappa shape index (κ2) is 6.42. The van der Waals surface area contributed by atoms with Gasteiger partial charge in [-0.15, -0.1) is 0 Å². The van der Waals surface area contributed by atoms with E-state index in [1.807, 2.05) is 12.1 Å². The highest BCUT2D eigenvalue weighted by Crippen LogP contribution is 2.23. The van der Waals surface area contributed by atoms with Gasteiger partial charge in [0.15, 0.2) is 0 Å². The Balaban J connectivity index is 1.91. The van der Waals surface area contributed by atoms with Crippen molar-refractivity contribution in [3.63, 3.8) is 0 Å². The summed E-state index contributed by atoms with van der Waals surface area (Å²) >= 11 is 0. The minimum Gasteiger partial charge on any atom is -0.508 e. The Morgan fingerprint density at radius 2 is 1.89 bits per heavy atom. The molecule has 18 heavy (non-hydrogen) atoms. The van der Waals surface area contributed by atoms with Crippen LogP contribution in [0.25, 0.3) is 0 Å². The molecular weight excluding hydrogens is 224 g/mol. The molecule has 3 heteroatoms. The van der Waals surface area contributed by atoms with E-state index in [-0.39, 0.29) is 5.92 Å². The molecular formula is C15H20N2O. The monoisotopic (exact) mass is 244 g/mol. The van der Waals surface area contributed by atoms with E-state index in [0.29, 0.717) is 11.8 Å². The smallest absolute Gasteiger partial charge is 0.115 e. The van der Waals surface area contributed by atoms with Crippen LogP contribution in [0, 0.1) is 17.2 Å². The number of hydrogen-bond acceptors (Lipinski definition) is 3. The Morgan fingerprint density at radius 1 is 1.17 bits per heavy atom. The lowest BCUT2D eigenvalue weighted by atomic mass is 9.96. The number of benzene rings is 1. The third-order valence-corrected chi connectivity index (χ3v) is 3.69. The van der Waals surface area contributed by atoms with Gasteiger partial charge in [-0.2, -0.15) is 5.26 Å². The predicted octanol–water partition coefficient (Wildman–Crippen LogP) is 2.95. The number of phenols is 1. The molecule has 1 aromatic carbocycles. The summed E-state index contributed by atoms with van der Waals surface area (Å²) in [7, 11) is 0. The van der Waals surface area contributed by atoms with Gasteiger partial charge in [0, 0.05) is 12.6 Å². The normalized spacial score (nSPS) is 24.2. The minimum absolute atomic E-state index is 0.143. The van der Waals surface area contributed by atoms with Crippen molar-refractivity contribution >= 4 is 0 Å². The Bertz CT molecular complexity index is 407. The molecule has 1 fully saturated rings. The number of hydrogen-bond donors (Lipinski definition) is 2. The molecule has 2 unspecified atom stereocenters. The number of phenolic OH excluding ortho intramolecular Hbond substituents is 1. The zero-order valence-electron chi connectivity index (χ0n) is 10.6. The second-order valence-corrected chi connectivity index (χ2v) is 5.03. The molecule has 3 nitrogen and oxygen atoms in total. The lowest BCUT2D eigenvalue weighted by Gasteiger charge is -2.20. The van der Waals surface area contributed by atoms with Gasteiger partial charge in [0.25, 0.3) is 0 Å². The molecule has 2 N–H and O–H groups in total. The van der Waals surface area contributed by atoms with Crippen molar-refractivity contribution in [2.75, 3.05) is 0 Å². The van der Waals surface area contributed by atoms with Crippen LogP contribution in [0.5, 0.6) is 5.75 Å². The van der Waals surface area contributed by atoms with Crippen LogP contribution in [0.2, 0.25) is 0 Å². The Kier molecular flexibility index (Phi) is 4.60. The molecule has 1 saturated carbocycles. The van der Waals surface area contributed by atoms with E-state index < -0.39 is 0 Å². The van der Waals surface area contributed by atoms with Crippen LogP contribution in [0.4, 0.5) is 0 Å². The van der Waals surface area contributed by atoms with Crippen molar-refractivity contribution in [3.8, 4) is 11.8 Å². The summed E-state index contributed by atoms with van der Waals surface area (Å²) in [5.41, 5.74) is 1.15. The van der Waals surface area contributed by atoms with Gasteiger partial charge < -0.3 is 10.4 Å². The first-order valence-corrected chi connectivity index (χ1v) is 6.70. The first kappa shape index (κ1) is 12.9. The number of nitriles is 1. The van der Waals surface area contributed by atoms with Crippen LogP contribution in [0.1, 0.15) is 37.7 Å². The van der Waals surface area contributed by atoms with Crippen molar-refractivity contribution in [1.29, 1.82) is 5.26 Å². The first-order chi connectivity index (χ1) is 8.79. The Morgan fingerprint density at radius 3 is 2.61 bits per heavy atom. The van der Waals surface area contributed by atoms with Crippen molar-refractivity contribution < 1.29 is 5.11 Å². The van der Waals surface area contributed by atoms with E-state index >= 15 is 0 Å². The summed E-state index contributed by atoms with van der Waals surface area (Å²) in [5, 5.41) is 21.9. The highest BCUT2D eigenvalue weighted by atomic mass is 16.3. The van der Waals surface area contributed by atoms with Gasteiger partial charge in [0.1, 0.15) is 5.75 Å². The molecule has 1 aromatic rings. The quantitative estimate of drug-likeness (QED) is 0.804. The van der Waals surface area contributed by atoms with Gasteiger partial charge in [0.05, 0.1) is 12.0 Å². The zero-order valence-corrected chi connectivity index (χ0v) is 10.6.